The Bertz CT molecular complexity index is 1670. The number of halogens is 2. The fraction of sp³-hybridized carbons (Fsp3) is 0.414. The summed E-state index contributed by atoms with van der Waals surface area (Å²) in [6.45, 7) is -0.650. The summed E-state index contributed by atoms with van der Waals surface area (Å²) in [6, 6.07) is 9.33. The number of benzene rings is 2. The van der Waals surface area contributed by atoms with Gasteiger partial charge in [-0.25, -0.2) is 23.9 Å². The first-order valence-corrected chi connectivity index (χ1v) is 14.5. The lowest BCUT2D eigenvalue weighted by atomic mass is 9.84. The zero-order valence-corrected chi connectivity index (χ0v) is 23.9. The molecule has 1 aliphatic carbocycles. The van der Waals surface area contributed by atoms with Gasteiger partial charge in [0.25, 0.3) is 23.4 Å². The van der Waals surface area contributed by atoms with Crippen molar-refractivity contribution >= 4 is 35.5 Å². The van der Waals surface area contributed by atoms with E-state index in [2.05, 4.69) is 20.6 Å². The molecule has 16 heteroatoms. The molecule has 4 aliphatic heterocycles. The number of urea groups is 1. The van der Waals surface area contributed by atoms with Crippen molar-refractivity contribution in [3.8, 4) is 0 Å². The van der Waals surface area contributed by atoms with Crippen LogP contribution in [-0.2, 0) is 17.6 Å². The quantitative estimate of drug-likeness (QED) is 0.135. The van der Waals surface area contributed by atoms with E-state index in [0.29, 0.717) is 16.8 Å². The van der Waals surface area contributed by atoms with Crippen LogP contribution in [0.4, 0.5) is 19.3 Å². The Morgan fingerprint density at radius 2 is 1.89 bits per heavy atom. The van der Waals surface area contributed by atoms with Gasteiger partial charge in [-0.05, 0) is 35.7 Å². The van der Waals surface area contributed by atoms with Crippen molar-refractivity contribution in [1.82, 2.24) is 20.4 Å². The van der Waals surface area contributed by atoms with Gasteiger partial charge in [0.2, 0.25) is 5.79 Å². The highest BCUT2D eigenvalue weighted by atomic mass is 19.3. The summed E-state index contributed by atoms with van der Waals surface area (Å²) in [5.41, 5.74) is 12.2. The average molecular weight is 625 g/mol. The number of anilines is 1. The number of hydrogen-bond donors (Lipinski definition) is 7. The summed E-state index contributed by atoms with van der Waals surface area (Å²) >= 11 is 0. The molecule has 2 saturated heterocycles. The van der Waals surface area contributed by atoms with Crippen LogP contribution in [0.3, 0.4) is 0 Å². The van der Waals surface area contributed by atoms with Crippen molar-refractivity contribution in [3.05, 3.63) is 65.2 Å². The largest absolute Gasteiger partial charge is 0.370 e. The molecule has 4 atom stereocenters. The second-order valence-corrected chi connectivity index (χ2v) is 12.0. The molecule has 14 nitrogen and oxygen atoms in total. The van der Waals surface area contributed by atoms with E-state index in [-0.39, 0.29) is 43.5 Å². The molecule has 1 unspecified atom stereocenters. The molecule has 0 bridgehead atoms. The Kier molecular flexibility index (Phi) is 6.32. The highest BCUT2D eigenvalue weighted by molar-refractivity contribution is 6.12. The number of aliphatic imine (C=N–C) groups is 1. The third-order valence-electron chi connectivity index (χ3n) is 9.39. The fourth-order valence-corrected chi connectivity index (χ4v) is 7.26. The predicted octanol–water partition coefficient (Wildman–Crippen LogP) is -2.87. The number of nitrogens with zero attached hydrogens (tertiary/aromatic N) is 4. The molecule has 9 N–H and O–H groups in total. The van der Waals surface area contributed by atoms with Crippen molar-refractivity contribution in [1.29, 1.82) is 0 Å². The molecule has 2 fully saturated rings. The summed E-state index contributed by atoms with van der Waals surface area (Å²) in [7, 11) is 0. The topological polar surface area (TPSA) is 204 Å². The number of hydrogen-bond acceptors (Lipinski definition) is 10. The first kappa shape index (κ1) is 28.9. The Hall–Kier alpha value is -4.83. The zero-order valence-electron chi connectivity index (χ0n) is 23.9. The number of aliphatic hydroxyl groups is 2. The van der Waals surface area contributed by atoms with Crippen molar-refractivity contribution in [2.45, 2.75) is 54.8 Å². The molecule has 0 saturated carbocycles. The number of imide groups is 1. The summed E-state index contributed by atoms with van der Waals surface area (Å²) < 4.78 is 28.1. The number of carbonyl (C=O) groups excluding carboxylic acids is 3. The molecule has 5 aliphatic rings. The maximum Gasteiger partial charge on any atom is 0.343 e. The average Bonchev–Trinajstić information content (AvgIpc) is 3.57. The van der Waals surface area contributed by atoms with Crippen molar-refractivity contribution in [3.63, 3.8) is 0 Å². The smallest absolute Gasteiger partial charge is 0.343 e. The Morgan fingerprint density at radius 3 is 2.64 bits per heavy atom. The van der Waals surface area contributed by atoms with Crippen LogP contribution in [0.15, 0.2) is 53.5 Å². The maximum atomic E-state index is 14.0. The van der Waals surface area contributed by atoms with E-state index < -0.39 is 66.2 Å². The van der Waals surface area contributed by atoms with Crippen LogP contribution in [0.25, 0.3) is 0 Å². The SMILES string of the molecule is NC1=N[C@@H](CN2C(=O)CN(c3ccccc3)C2=O)[C@@H]2[NH+]=C(N)N[C@]23N1CC(NC(=O)c1cccc2c1CCC(F)(F)C2)C3(O)O. The molecule has 7 rings (SSSR count). The van der Waals surface area contributed by atoms with E-state index >= 15 is 0 Å². The normalized spacial score (nSPS) is 29.4. The molecule has 1 spiro atoms. The van der Waals surface area contributed by atoms with Crippen molar-refractivity contribution in [2.75, 3.05) is 24.5 Å². The maximum absolute atomic E-state index is 14.0. The highest BCUT2D eigenvalue weighted by Crippen LogP contribution is 2.42. The third kappa shape index (κ3) is 4.30. The molecule has 0 aromatic heterocycles. The van der Waals surface area contributed by atoms with Gasteiger partial charge >= 0.3 is 12.0 Å². The minimum Gasteiger partial charge on any atom is -0.370 e. The van der Waals surface area contributed by atoms with Gasteiger partial charge in [-0.2, -0.15) is 0 Å². The second kappa shape index (κ2) is 9.84. The monoisotopic (exact) mass is 624 g/mol. The van der Waals surface area contributed by atoms with Gasteiger partial charge < -0.3 is 21.3 Å². The van der Waals surface area contributed by atoms with E-state index in [9.17, 15) is 33.4 Å². The number of guanidine groups is 2. The highest BCUT2D eigenvalue weighted by Gasteiger charge is 2.76. The molecule has 236 valence electrons. The molecule has 0 radical (unpaired) electrons. The van der Waals surface area contributed by atoms with Gasteiger partial charge in [-0.1, -0.05) is 30.3 Å². The summed E-state index contributed by atoms with van der Waals surface area (Å²) in [4.78, 5) is 51.0. The molecule has 45 heavy (non-hydrogen) atoms. The number of fused-ring (bicyclic) bond motifs is 1. The van der Waals surface area contributed by atoms with Crippen LogP contribution in [0.2, 0.25) is 0 Å². The lowest BCUT2D eigenvalue weighted by molar-refractivity contribution is -0.521. The third-order valence-corrected chi connectivity index (χ3v) is 9.39. The van der Waals surface area contributed by atoms with Gasteiger partial charge in [-0.15, -0.1) is 0 Å². The van der Waals surface area contributed by atoms with Crippen molar-refractivity contribution in [2.24, 2.45) is 16.5 Å². The van der Waals surface area contributed by atoms with Gasteiger partial charge in [0.1, 0.15) is 18.6 Å². The van der Waals surface area contributed by atoms with E-state index in [1.165, 1.54) is 21.9 Å². The zero-order chi connectivity index (χ0) is 31.9. The van der Waals surface area contributed by atoms with Crippen LogP contribution in [0, 0.1) is 0 Å². The predicted molar refractivity (Wildman–Crippen MR) is 155 cm³/mol. The van der Waals surface area contributed by atoms with Crippen molar-refractivity contribution < 1.29 is 38.4 Å². The van der Waals surface area contributed by atoms with Crippen LogP contribution in [0.1, 0.15) is 27.9 Å². The van der Waals surface area contributed by atoms with E-state index in [0.717, 1.165) is 4.90 Å². The Morgan fingerprint density at radius 1 is 1.13 bits per heavy atom. The summed E-state index contributed by atoms with van der Waals surface area (Å²) in [5, 5.41) is 29.1. The number of amides is 4. The minimum atomic E-state index is -2.87. The summed E-state index contributed by atoms with van der Waals surface area (Å²) in [6.07, 6.45) is -0.897. The molecule has 4 amide bonds. The number of carbonyl (C=O) groups is 3. The standard InChI is InChI=1S/C29H31F2N9O5/c30-27(31)10-9-17-15(11-27)5-4-8-18(17)23(42)35-20-13-40-25(33)34-19(22-28(40,29(20,44)45)37-24(32)36-22)12-39-21(41)14-38(26(39)43)16-6-2-1-3-7-16/h1-8,19-20,22,44-45H,9-14H2,(H2,33,34)(H,35,42)(H3,32,36,37)/p+1/t19-,20?,22-,28-/m0/s1. The number of rotatable bonds is 5. The molecule has 2 aromatic carbocycles. The van der Waals surface area contributed by atoms with Crippen LogP contribution in [-0.4, -0.2) is 105 Å². The van der Waals surface area contributed by atoms with Crippen LogP contribution >= 0.6 is 0 Å². The minimum absolute atomic E-state index is 0.00792. The Balaban J connectivity index is 1.16. The van der Waals surface area contributed by atoms with E-state index in [1.54, 1.807) is 36.4 Å². The molecule has 2 aromatic rings. The number of nitrogens with one attached hydrogen (secondary N) is 3. The second-order valence-electron chi connectivity index (χ2n) is 12.0. The summed E-state index contributed by atoms with van der Waals surface area (Å²) in [5.74, 6) is -6.93. The first-order valence-electron chi connectivity index (χ1n) is 14.5. The molecular weight excluding hydrogens is 592 g/mol. The Labute approximate surface area is 255 Å². The van der Waals surface area contributed by atoms with Crippen LogP contribution in [0.5, 0.6) is 0 Å². The number of para-hydroxylation sites is 1. The van der Waals surface area contributed by atoms with Crippen LogP contribution < -0.4 is 32.0 Å². The van der Waals surface area contributed by atoms with E-state index in [4.69, 9.17) is 11.5 Å². The van der Waals surface area contributed by atoms with E-state index in [1.807, 2.05) is 0 Å². The first-order chi connectivity index (χ1) is 21.3. The molecular formula is C29H32F2N9O5+. The lowest BCUT2D eigenvalue weighted by Gasteiger charge is -2.46. The van der Waals surface area contributed by atoms with Gasteiger partial charge in [0, 0.05) is 24.1 Å². The van der Waals surface area contributed by atoms with Gasteiger partial charge in [0.05, 0.1) is 13.1 Å². The molecule has 4 heterocycles. The number of alkyl halides is 2. The number of nitrogens with two attached hydrogens (primary N) is 2. The van der Waals surface area contributed by atoms with Gasteiger partial charge in [-0.3, -0.25) is 35.0 Å². The lowest BCUT2D eigenvalue weighted by Crippen LogP contribution is -2.90. The van der Waals surface area contributed by atoms with Gasteiger partial charge in [0.15, 0.2) is 12.0 Å². The fourth-order valence-electron chi connectivity index (χ4n) is 7.26.